The number of carbonyl (C=O) groups excluding carboxylic acids is 3. The van der Waals surface area contributed by atoms with Gasteiger partial charge in [-0.15, -0.1) is 30.6 Å². The summed E-state index contributed by atoms with van der Waals surface area (Å²) in [5.41, 5.74) is 9.94. The lowest BCUT2D eigenvalue weighted by Gasteiger charge is -2.33. The fourth-order valence-corrected chi connectivity index (χ4v) is 13.0. The number of rotatable bonds is 17. The largest absolute Gasteiger partial charge is 0.417 e. The van der Waals surface area contributed by atoms with Gasteiger partial charge < -0.3 is 4.74 Å². The van der Waals surface area contributed by atoms with E-state index in [0.717, 1.165) is 189 Å². The Morgan fingerprint density at radius 2 is 0.836 bits per heavy atom. The molecule has 12 rings (SSSR count). The van der Waals surface area contributed by atoms with E-state index in [-0.39, 0.29) is 73.2 Å². The number of hydrogen-bond donors (Lipinski definition) is 0. The Morgan fingerprint density at radius 3 is 1.30 bits per heavy atom. The van der Waals surface area contributed by atoms with Gasteiger partial charge in [-0.25, -0.2) is 4.39 Å². The Bertz CT molecular complexity index is 4270. The molecule has 8 aromatic rings. The summed E-state index contributed by atoms with van der Waals surface area (Å²) in [4.78, 5) is 38.1. The van der Waals surface area contributed by atoms with Crippen LogP contribution >= 0.6 is 0 Å². The number of fused-ring (bicyclic) bond motifs is 2. The van der Waals surface area contributed by atoms with E-state index >= 15 is 0 Å². The highest BCUT2D eigenvalue weighted by Crippen LogP contribution is 2.40. The molecule has 3 atom stereocenters. The average Bonchev–Trinajstić information content (AvgIpc) is 0.780. The van der Waals surface area contributed by atoms with Gasteiger partial charge in [-0.3, -0.25) is 28.1 Å². The maximum absolute atomic E-state index is 13.0. The molecular formula is C85H95F12N9O4. The van der Waals surface area contributed by atoms with Crippen molar-refractivity contribution in [1.82, 2.24) is 35.6 Å². The number of ether oxygens (including phenoxy) is 1. The molecule has 0 radical (unpaired) electrons. The van der Waals surface area contributed by atoms with Crippen LogP contribution < -0.4 is 0 Å². The number of allylic oxidation sites excluding steroid dienone is 2. The van der Waals surface area contributed by atoms with Gasteiger partial charge in [0.2, 0.25) is 11.6 Å². The van der Waals surface area contributed by atoms with Crippen LogP contribution in [0.5, 0.6) is 0 Å². The summed E-state index contributed by atoms with van der Waals surface area (Å²) in [6, 6.07) is 35.4. The van der Waals surface area contributed by atoms with E-state index in [9.17, 15) is 67.1 Å². The van der Waals surface area contributed by atoms with E-state index in [1.54, 1.807) is 45.9 Å². The van der Waals surface area contributed by atoms with Crippen molar-refractivity contribution in [3.05, 3.63) is 207 Å². The van der Waals surface area contributed by atoms with Crippen LogP contribution in [0.4, 0.5) is 52.7 Å². The van der Waals surface area contributed by atoms with Crippen LogP contribution in [0.1, 0.15) is 199 Å². The SMILES string of the molecule is CC(=O)Cc1cccc(-c2nnc(-c3ccc(C(F)(F)F)cc3)c3c2CCCCCC3)c1.CC(=O)Cc1cccc(-c2nnc(-c3ccc(C(F)(F)F)cn3)nn2)c1.CC(=O)Cc1cccc(C2=NN=C(c3ccc(C(F)(F)F)cc3)[C@@H]3CCCCCC[C@@H]23)c1.CCCF.CCCF.FCCO[C@@H]1CC/C=C/CCC1. The summed E-state index contributed by atoms with van der Waals surface area (Å²) in [5.74, 6) is 0.783. The number of halogens is 12. The highest BCUT2D eigenvalue weighted by molar-refractivity contribution is 6.11. The lowest BCUT2D eigenvalue weighted by molar-refractivity contribution is -0.138. The average molecular weight is 1530 g/mol. The molecule has 25 heteroatoms. The molecule has 4 heterocycles. The molecule has 1 aliphatic heterocycles. The molecule has 0 unspecified atom stereocenters. The zero-order valence-electron chi connectivity index (χ0n) is 62.7. The van der Waals surface area contributed by atoms with Crippen molar-refractivity contribution in [2.45, 2.75) is 201 Å². The summed E-state index contributed by atoms with van der Waals surface area (Å²) in [6.07, 6.45) is 12.5. The van der Waals surface area contributed by atoms with Crippen molar-refractivity contribution < 1.29 is 71.8 Å². The van der Waals surface area contributed by atoms with Gasteiger partial charge in [-0.05, 0) is 198 Å². The Balaban J connectivity index is 0.000000204. The highest BCUT2D eigenvalue weighted by Gasteiger charge is 2.37. The Labute approximate surface area is 635 Å². The summed E-state index contributed by atoms with van der Waals surface area (Å²) < 4.78 is 154. The normalized spacial score (nSPS) is 16.7. The van der Waals surface area contributed by atoms with Crippen LogP contribution in [0.15, 0.2) is 162 Å². The molecule has 3 aromatic heterocycles. The second-order valence-corrected chi connectivity index (χ2v) is 27.3. The first-order valence-electron chi connectivity index (χ1n) is 37.5. The third-order valence-electron chi connectivity index (χ3n) is 18.3. The van der Waals surface area contributed by atoms with Crippen molar-refractivity contribution in [3.63, 3.8) is 0 Å². The van der Waals surface area contributed by atoms with Gasteiger partial charge in [0.25, 0.3) is 0 Å². The van der Waals surface area contributed by atoms with Crippen LogP contribution in [0, 0.1) is 11.8 Å². The number of benzene rings is 5. The maximum atomic E-state index is 13.0. The van der Waals surface area contributed by atoms with E-state index in [1.807, 2.05) is 54.6 Å². The van der Waals surface area contributed by atoms with Gasteiger partial charge in [0.15, 0.2) is 0 Å². The minimum atomic E-state index is -4.46. The molecule has 3 aliphatic carbocycles. The lowest BCUT2D eigenvalue weighted by atomic mass is 9.73. The van der Waals surface area contributed by atoms with Crippen molar-refractivity contribution in [1.29, 1.82) is 0 Å². The molecule has 4 aliphatic rings. The van der Waals surface area contributed by atoms with Crippen molar-refractivity contribution >= 4 is 28.8 Å². The first-order valence-corrected chi connectivity index (χ1v) is 37.5. The van der Waals surface area contributed by atoms with Crippen LogP contribution in [-0.4, -0.2) is 97.1 Å². The quantitative estimate of drug-likeness (QED) is 0.0626. The smallest absolute Gasteiger partial charge is 0.375 e. The fourth-order valence-electron chi connectivity index (χ4n) is 13.0. The van der Waals surface area contributed by atoms with Gasteiger partial charge in [-0.1, -0.05) is 143 Å². The van der Waals surface area contributed by atoms with E-state index in [2.05, 4.69) is 57.9 Å². The molecular weight excluding hydrogens is 1440 g/mol. The first kappa shape index (κ1) is 87.7. The van der Waals surface area contributed by atoms with Crippen molar-refractivity contribution in [3.8, 4) is 45.4 Å². The number of hydrogen-bond acceptors (Lipinski definition) is 13. The van der Waals surface area contributed by atoms with Crippen LogP contribution in [0.25, 0.3) is 45.4 Å². The van der Waals surface area contributed by atoms with E-state index < -0.39 is 35.2 Å². The monoisotopic (exact) mass is 1530 g/mol. The fraction of sp³-hybridized carbons (Fsp3) is 0.435. The first-order chi connectivity index (χ1) is 52.7. The molecule has 0 spiro atoms. The number of Topliss-reactive ketones (excluding diaryl/α,β-unsaturated/α-hetero) is 3. The number of pyridine rings is 1. The second-order valence-electron chi connectivity index (χ2n) is 27.3. The predicted molar refractivity (Wildman–Crippen MR) is 404 cm³/mol. The molecule has 1 saturated carbocycles. The maximum Gasteiger partial charge on any atom is 0.417 e. The van der Waals surface area contributed by atoms with Crippen LogP contribution in [-0.2, 0) is 69.8 Å². The second kappa shape index (κ2) is 44.4. The van der Waals surface area contributed by atoms with E-state index in [4.69, 9.17) is 4.74 Å². The molecule has 0 N–H and O–H groups in total. The Hall–Kier alpha value is -9.52. The lowest BCUT2D eigenvalue weighted by Crippen LogP contribution is -2.35. The van der Waals surface area contributed by atoms with Gasteiger partial charge >= 0.3 is 18.5 Å². The molecule has 588 valence electrons. The zero-order valence-corrected chi connectivity index (χ0v) is 62.7. The van der Waals surface area contributed by atoms with Crippen molar-refractivity contribution in [2.24, 2.45) is 22.0 Å². The van der Waals surface area contributed by atoms with Gasteiger partial charge in [0, 0.05) is 54.0 Å². The highest BCUT2D eigenvalue weighted by atomic mass is 19.4. The van der Waals surface area contributed by atoms with Crippen LogP contribution in [0.3, 0.4) is 0 Å². The number of ketones is 3. The van der Waals surface area contributed by atoms with Gasteiger partial charge in [-0.2, -0.15) is 49.7 Å². The van der Waals surface area contributed by atoms with E-state index in [0.29, 0.717) is 66.8 Å². The molecule has 110 heavy (non-hydrogen) atoms. The number of nitrogens with zero attached hydrogens (tertiary/aromatic N) is 9. The summed E-state index contributed by atoms with van der Waals surface area (Å²) >= 11 is 0. The number of alkyl halides is 12. The molecule has 0 amide bonds. The standard InChI is InChI=1S/C26H27F3N2O.C26H25F3N2O.C17H12F3N5O.C10H17FO.2C3H7F/c2*1-17(32)15-18-7-6-8-20(16-18)25-23-10-5-3-2-4-9-22(23)24(30-31-25)19-11-13-21(14-12-19)26(27,28)29;1-10(26)7-11-3-2-4-12(8-11)15-22-24-16(25-23-15)14-6-5-13(9-21-14)17(18,19)20;11-8-9-12-10-6-4-2-1-3-5-7-10;2*1-2-3-4/h6-8,11-14,16,22-23H,2-5,9-10,15H2,1H3;6-8,11-14,16H,2-5,9-10,15H2,1H3;2-6,8-9H,7H2,1H3;1-2,10H,3-9H2;2*2-3H2,1H3/b;;;2-1+;;/t22-,23-;;;10-;;/m1..1../s1. The van der Waals surface area contributed by atoms with Crippen LogP contribution in [0.2, 0.25) is 0 Å². The number of aromatic nitrogens is 7. The number of carbonyl (C=O) groups is 3. The summed E-state index contributed by atoms with van der Waals surface area (Å²) in [7, 11) is 0. The Morgan fingerprint density at radius 1 is 0.418 bits per heavy atom. The zero-order chi connectivity index (χ0) is 79.6. The molecule has 1 fully saturated rings. The third kappa shape index (κ3) is 28.1. The minimum absolute atomic E-state index is 0.0161. The van der Waals surface area contributed by atoms with E-state index in [1.165, 1.54) is 44.0 Å². The molecule has 5 aromatic carbocycles. The predicted octanol–water partition coefficient (Wildman–Crippen LogP) is 22.0. The van der Waals surface area contributed by atoms with Crippen molar-refractivity contribution in [2.75, 3.05) is 26.6 Å². The molecule has 13 nitrogen and oxygen atoms in total. The van der Waals surface area contributed by atoms with Gasteiger partial charge in [0.1, 0.15) is 29.7 Å². The Kier molecular flexibility index (Phi) is 35.4. The summed E-state index contributed by atoms with van der Waals surface area (Å²) in [6.45, 7) is 7.82. The third-order valence-corrected chi connectivity index (χ3v) is 18.3. The topological polar surface area (TPSA) is 175 Å². The summed E-state index contributed by atoms with van der Waals surface area (Å²) in [5, 5.41) is 33.8. The molecule has 0 bridgehead atoms. The minimum Gasteiger partial charge on any atom is -0.375 e. The molecule has 0 saturated heterocycles. The van der Waals surface area contributed by atoms with Gasteiger partial charge in [0.05, 0.1) is 65.6 Å².